The number of halogens is 3. The minimum absolute atomic E-state index is 0.173. The average molecular weight is 431 g/mol. The van der Waals surface area contributed by atoms with Crippen LogP contribution in [0.15, 0.2) is 48.5 Å². The number of aromatic nitrogens is 1. The van der Waals surface area contributed by atoms with E-state index < -0.39 is 6.36 Å². The molecule has 31 heavy (non-hydrogen) atoms. The van der Waals surface area contributed by atoms with Crippen molar-refractivity contribution in [2.75, 3.05) is 0 Å². The van der Waals surface area contributed by atoms with E-state index in [-0.39, 0.29) is 17.4 Å². The van der Waals surface area contributed by atoms with Crippen molar-refractivity contribution >= 4 is 0 Å². The molecule has 164 valence electrons. The lowest BCUT2D eigenvalue weighted by atomic mass is 9.94. The largest absolute Gasteiger partial charge is 0.573 e. The Morgan fingerprint density at radius 3 is 1.94 bits per heavy atom. The van der Waals surface area contributed by atoms with E-state index in [0.717, 1.165) is 28.1 Å². The number of hydrogen-bond donors (Lipinski definition) is 1. The second-order valence-electron chi connectivity index (χ2n) is 7.63. The minimum atomic E-state index is -4.73. The molecule has 0 aliphatic heterocycles. The highest BCUT2D eigenvalue weighted by molar-refractivity contribution is 5.48. The van der Waals surface area contributed by atoms with Gasteiger partial charge in [0.2, 0.25) is 0 Å². The molecule has 4 nitrogen and oxygen atoms in total. The second kappa shape index (κ2) is 8.88. The number of rotatable bonds is 6. The maximum Gasteiger partial charge on any atom is 0.573 e. The molecule has 0 amide bonds. The first-order valence-electron chi connectivity index (χ1n) is 9.85. The maximum atomic E-state index is 12.2. The number of hydrogen-bond acceptors (Lipinski definition) is 4. The Morgan fingerprint density at radius 2 is 1.42 bits per heavy atom. The van der Waals surface area contributed by atoms with Crippen LogP contribution in [0.4, 0.5) is 13.2 Å². The van der Waals surface area contributed by atoms with Crippen LogP contribution < -0.4 is 9.47 Å². The van der Waals surface area contributed by atoms with Gasteiger partial charge in [-0.05, 0) is 61.7 Å². The monoisotopic (exact) mass is 431 g/mol. The molecule has 0 unspecified atom stereocenters. The summed E-state index contributed by atoms with van der Waals surface area (Å²) in [6, 6.07) is 12.5. The van der Waals surface area contributed by atoms with Crippen molar-refractivity contribution in [1.82, 2.24) is 4.98 Å². The van der Waals surface area contributed by atoms with Gasteiger partial charge in [0.15, 0.2) is 0 Å². The molecule has 2 aromatic carbocycles. The molecule has 0 radical (unpaired) electrons. The second-order valence-corrected chi connectivity index (χ2v) is 7.63. The third-order valence-electron chi connectivity index (χ3n) is 4.93. The van der Waals surface area contributed by atoms with Gasteiger partial charge in [0, 0.05) is 23.2 Å². The molecule has 0 aliphatic carbocycles. The molecular formula is C24H24F3NO3. The van der Waals surface area contributed by atoms with E-state index in [1.54, 1.807) is 12.1 Å². The Bertz CT molecular complexity index is 1040. The van der Waals surface area contributed by atoms with E-state index in [1.807, 2.05) is 39.8 Å². The summed E-state index contributed by atoms with van der Waals surface area (Å²) >= 11 is 0. The molecule has 1 aromatic heterocycles. The predicted molar refractivity (Wildman–Crippen MR) is 112 cm³/mol. The van der Waals surface area contributed by atoms with Crippen LogP contribution in [-0.4, -0.2) is 16.5 Å². The number of benzene rings is 2. The van der Waals surface area contributed by atoms with Gasteiger partial charge in [0.05, 0.1) is 5.69 Å². The van der Waals surface area contributed by atoms with Gasteiger partial charge in [0.1, 0.15) is 23.0 Å². The molecule has 0 bridgehead atoms. The smallest absolute Gasteiger partial charge is 0.507 e. The lowest BCUT2D eigenvalue weighted by molar-refractivity contribution is -0.274. The van der Waals surface area contributed by atoms with E-state index in [4.69, 9.17) is 4.74 Å². The molecule has 0 spiro atoms. The van der Waals surface area contributed by atoms with Crippen LogP contribution in [0.3, 0.4) is 0 Å². The topological polar surface area (TPSA) is 51.6 Å². The summed E-state index contributed by atoms with van der Waals surface area (Å²) in [5, 5.41) is 10.7. The van der Waals surface area contributed by atoms with Crippen LogP contribution in [0.5, 0.6) is 23.0 Å². The van der Waals surface area contributed by atoms with Gasteiger partial charge in [-0.15, -0.1) is 13.2 Å². The zero-order chi connectivity index (χ0) is 22.8. The lowest BCUT2D eigenvalue weighted by Gasteiger charge is -2.17. The normalized spacial score (nSPS) is 11.6. The Morgan fingerprint density at radius 1 is 0.903 bits per heavy atom. The van der Waals surface area contributed by atoms with Gasteiger partial charge in [-0.1, -0.05) is 26.0 Å². The molecule has 3 aromatic rings. The molecule has 0 atom stereocenters. The summed E-state index contributed by atoms with van der Waals surface area (Å²) in [5.74, 6) is 1.07. The fraction of sp³-hybridized carbons (Fsp3) is 0.292. The first-order chi connectivity index (χ1) is 14.5. The Kier molecular flexibility index (Phi) is 6.43. The van der Waals surface area contributed by atoms with Crippen LogP contribution in [0.25, 0.3) is 0 Å². The van der Waals surface area contributed by atoms with E-state index >= 15 is 0 Å². The third kappa shape index (κ3) is 5.69. The zero-order valence-electron chi connectivity index (χ0n) is 17.7. The van der Waals surface area contributed by atoms with Gasteiger partial charge in [0.25, 0.3) is 0 Å². The van der Waals surface area contributed by atoms with Crippen molar-refractivity contribution in [3.8, 4) is 23.0 Å². The standard InChI is InChI=1S/C24H24F3NO3/c1-14(2)22-21(23(29)15(3)16(4)28-22)13-17-5-7-18(8-6-17)30-19-9-11-20(12-10-19)31-24(25,26)27/h5-12,14H,13H2,1-4H3,(H,28,29). The molecule has 0 fully saturated rings. The zero-order valence-corrected chi connectivity index (χ0v) is 17.7. The molecule has 0 saturated carbocycles. The Hall–Kier alpha value is -3.22. The first kappa shape index (κ1) is 22.5. The van der Waals surface area contributed by atoms with Crippen molar-refractivity contribution < 1.29 is 27.8 Å². The number of ether oxygens (including phenoxy) is 2. The van der Waals surface area contributed by atoms with Gasteiger partial charge >= 0.3 is 6.36 Å². The van der Waals surface area contributed by atoms with Crippen molar-refractivity contribution in [3.63, 3.8) is 0 Å². The van der Waals surface area contributed by atoms with Crippen LogP contribution >= 0.6 is 0 Å². The van der Waals surface area contributed by atoms with Crippen LogP contribution in [0, 0.1) is 13.8 Å². The molecule has 7 heteroatoms. The molecule has 1 heterocycles. The molecule has 3 rings (SSSR count). The van der Waals surface area contributed by atoms with E-state index in [1.165, 1.54) is 24.3 Å². The van der Waals surface area contributed by atoms with Gasteiger partial charge < -0.3 is 14.6 Å². The summed E-state index contributed by atoms with van der Waals surface area (Å²) in [5.41, 5.74) is 4.26. The quantitative estimate of drug-likeness (QED) is 0.466. The summed E-state index contributed by atoms with van der Waals surface area (Å²) in [6.07, 6.45) is -4.20. The number of nitrogens with zero attached hydrogens (tertiary/aromatic N) is 1. The predicted octanol–water partition coefficient (Wildman–Crippen LogP) is 6.81. The summed E-state index contributed by atoms with van der Waals surface area (Å²) in [7, 11) is 0. The van der Waals surface area contributed by atoms with Crippen molar-refractivity contribution in [3.05, 3.63) is 76.6 Å². The fourth-order valence-electron chi connectivity index (χ4n) is 3.23. The highest BCUT2D eigenvalue weighted by Crippen LogP contribution is 2.33. The first-order valence-corrected chi connectivity index (χ1v) is 9.85. The van der Waals surface area contributed by atoms with Gasteiger partial charge in [-0.25, -0.2) is 0 Å². The number of pyridine rings is 1. The summed E-state index contributed by atoms with van der Waals surface area (Å²) in [4.78, 5) is 4.67. The van der Waals surface area contributed by atoms with Crippen molar-refractivity contribution in [1.29, 1.82) is 0 Å². The van der Waals surface area contributed by atoms with Gasteiger partial charge in [-0.2, -0.15) is 0 Å². The third-order valence-corrected chi connectivity index (χ3v) is 4.93. The van der Waals surface area contributed by atoms with E-state index in [2.05, 4.69) is 9.72 Å². The molecule has 1 N–H and O–H groups in total. The van der Waals surface area contributed by atoms with Gasteiger partial charge in [-0.3, -0.25) is 4.98 Å². The average Bonchev–Trinajstić information content (AvgIpc) is 2.70. The minimum Gasteiger partial charge on any atom is -0.507 e. The van der Waals surface area contributed by atoms with Crippen LogP contribution in [-0.2, 0) is 6.42 Å². The lowest BCUT2D eigenvalue weighted by Crippen LogP contribution is -2.16. The summed E-state index contributed by atoms with van der Waals surface area (Å²) in [6.45, 7) is 7.83. The molecule has 0 saturated heterocycles. The Balaban J connectivity index is 1.74. The Labute approximate surface area is 179 Å². The SMILES string of the molecule is Cc1nc(C(C)C)c(Cc2ccc(Oc3ccc(OC(F)(F)F)cc3)cc2)c(O)c1C. The highest BCUT2D eigenvalue weighted by Gasteiger charge is 2.31. The number of alkyl halides is 3. The van der Waals surface area contributed by atoms with Crippen LogP contribution in [0.1, 0.15) is 47.8 Å². The van der Waals surface area contributed by atoms with E-state index in [9.17, 15) is 18.3 Å². The van der Waals surface area contributed by atoms with Crippen molar-refractivity contribution in [2.45, 2.75) is 46.4 Å². The van der Waals surface area contributed by atoms with E-state index in [0.29, 0.717) is 17.9 Å². The maximum absolute atomic E-state index is 12.2. The van der Waals surface area contributed by atoms with Crippen molar-refractivity contribution in [2.24, 2.45) is 0 Å². The van der Waals surface area contributed by atoms with Crippen LogP contribution in [0.2, 0.25) is 0 Å². The molecule has 0 aliphatic rings. The number of aromatic hydroxyl groups is 1. The summed E-state index contributed by atoms with van der Waals surface area (Å²) < 4.78 is 46.3. The fourth-order valence-corrected chi connectivity index (χ4v) is 3.23. The highest BCUT2D eigenvalue weighted by atomic mass is 19.4. The molecular weight excluding hydrogens is 407 g/mol. The number of aryl methyl sites for hydroxylation is 1.